The molecular formula is C8H4Cl3N3S. The Kier molecular flexibility index (Phi) is 3.02. The molecule has 3 nitrogen and oxygen atoms in total. The number of rotatable bonds is 1. The Morgan fingerprint density at radius 1 is 1.07 bits per heavy atom. The normalized spacial score (nSPS) is 10.6. The Morgan fingerprint density at radius 2 is 1.67 bits per heavy atom. The molecule has 0 aliphatic carbocycles. The van der Waals surface area contributed by atoms with E-state index >= 15 is 0 Å². The first-order chi connectivity index (χ1) is 7.08. The fraction of sp³-hybridized carbons (Fsp3) is 0. The van der Waals surface area contributed by atoms with Gasteiger partial charge in [0.1, 0.15) is 0 Å². The molecule has 2 rings (SSSR count). The van der Waals surface area contributed by atoms with Gasteiger partial charge in [0.25, 0.3) is 0 Å². The molecule has 2 N–H and O–H groups in total. The molecule has 0 saturated carbocycles. The van der Waals surface area contributed by atoms with Crippen LogP contribution < -0.4 is 5.73 Å². The first-order valence-electron chi connectivity index (χ1n) is 3.82. The van der Waals surface area contributed by atoms with Gasteiger partial charge in [-0.2, -0.15) is 0 Å². The summed E-state index contributed by atoms with van der Waals surface area (Å²) in [6, 6.07) is 3.20. The van der Waals surface area contributed by atoms with E-state index in [1.54, 1.807) is 12.1 Å². The van der Waals surface area contributed by atoms with E-state index in [1.165, 1.54) is 11.3 Å². The van der Waals surface area contributed by atoms with Crippen LogP contribution in [-0.2, 0) is 0 Å². The highest BCUT2D eigenvalue weighted by Crippen LogP contribution is 2.38. The van der Waals surface area contributed by atoms with Crippen LogP contribution in [0.1, 0.15) is 0 Å². The molecule has 0 bridgehead atoms. The summed E-state index contributed by atoms with van der Waals surface area (Å²) in [5.74, 6) is 0. The van der Waals surface area contributed by atoms with Gasteiger partial charge in [-0.15, -0.1) is 10.2 Å². The lowest BCUT2D eigenvalue weighted by molar-refractivity contribution is 1.10. The van der Waals surface area contributed by atoms with Gasteiger partial charge in [0.2, 0.25) is 5.13 Å². The molecule has 0 atom stereocenters. The van der Waals surface area contributed by atoms with Gasteiger partial charge >= 0.3 is 0 Å². The molecule has 0 fully saturated rings. The fourth-order valence-electron chi connectivity index (χ4n) is 1.08. The number of benzene rings is 1. The zero-order chi connectivity index (χ0) is 11.0. The lowest BCUT2D eigenvalue weighted by atomic mass is 10.2. The monoisotopic (exact) mass is 279 g/mol. The van der Waals surface area contributed by atoms with E-state index in [-0.39, 0.29) is 0 Å². The molecule has 78 valence electrons. The number of hydrogen-bond donors (Lipinski definition) is 1. The zero-order valence-electron chi connectivity index (χ0n) is 7.17. The van der Waals surface area contributed by atoms with Crippen LogP contribution in [0.2, 0.25) is 15.1 Å². The van der Waals surface area contributed by atoms with Crippen LogP contribution in [0.15, 0.2) is 12.1 Å². The van der Waals surface area contributed by atoms with Crippen LogP contribution in [0, 0.1) is 0 Å². The SMILES string of the molecule is Nc1nnc(-c2c(Cl)cc(Cl)cc2Cl)s1. The highest BCUT2D eigenvalue weighted by molar-refractivity contribution is 7.18. The summed E-state index contributed by atoms with van der Waals surface area (Å²) in [6.45, 7) is 0. The van der Waals surface area contributed by atoms with Crippen molar-refractivity contribution in [3.63, 3.8) is 0 Å². The molecule has 0 amide bonds. The summed E-state index contributed by atoms with van der Waals surface area (Å²) in [5.41, 5.74) is 6.09. The molecule has 0 spiro atoms. The van der Waals surface area contributed by atoms with Crippen LogP contribution in [-0.4, -0.2) is 10.2 Å². The third-order valence-electron chi connectivity index (χ3n) is 1.66. The van der Waals surface area contributed by atoms with Crippen molar-refractivity contribution >= 4 is 51.3 Å². The molecule has 15 heavy (non-hydrogen) atoms. The van der Waals surface area contributed by atoms with E-state index in [0.717, 1.165) is 0 Å². The highest BCUT2D eigenvalue weighted by atomic mass is 35.5. The lowest BCUT2D eigenvalue weighted by Gasteiger charge is -2.03. The summed E-state index contributed by atoms with van der Waals surface area (Å²) in [4.78, 5) is 0. The quantitative estimate of drug-likeness (QED) is 0.865. The number of aromatic nitrogens is 2. The molecule has 1 aromatic heterocycles. The molecule has 0 radical (unpaired) electrons. The Morgan fingerprint density at radius 3 is 2.13 bits per heavy atom. The van der Waals surface area contributed by atoms with Gasteiger partial charge in [-0.3, -0.25) is 0 Å². The maximum atomic E-state index is 6.01. The number of hydrogen-bond acceptors (Lipinski definition) is 4. The number of nitrogens with two attached hydrogens (primary N) is 1. The third kappa shape index (κ3) is 2.18. The van der Waals surface area contributed by atoms with Crippen molar-refractivity contribution < 1.29 is 0 Å². The van der Waals surface area contributed by atoms with Crippen LogP contribution >= 0.6 is 46.1 Å². The predicted octanol–water partition coefficient (Wildman–Crippen LogP) is 3.75. The molecule has 2 aromatic rings. The van der Waals surface area contributed by atoms with E-state index in [1.807, 2.05) is 0 Å². The van der Waals surface area contributed by atoms with Crippen molar-refractivity contribution in [1.29, 1.82) is 0 Å². The van der Waals surface area contributed by atoms with Gasteiger partial charge in [-0.1, -0.05) is 46.1 Å². The average molecular weight is 281 g/mol. The van der Waals surface area contributed by atoms with Gasteiger partial charge in [-0.25, -0.2) is 0 Å². The summed E-state index contributed by atoms with van der Waals surface area (Å²) in [5, 5.41) is 9.86. The first-order valence-corrected chi connectivity index (χ1v) is 5.77. The third-order valence-corrected chi connectivity index (χ3v) is 3.25. The van der Waals surface area contributed by atoms with E-state index in [4.69, 9.17) is 40.5 Å². The van der Waals surface area contributed by atoms with Crippen LogP contribution in [0.4, 0.5) is 5.13 Å². The maximum absolute atomic E-state index is 6.01. The molecule has 0 aliphatic heterocycles. The van der Waals surface area contributed by atoms with Gasteiger partial charge in [0, 0.05) is 10.6 Å². The Bertz CT molecular complexity index is 489. The standard InChI is InChI=1S/C8H4Cl3N3S/c9-3-1-4(10)6(5(11)2-3)7-13-14-8(12)15-7/h1-2H,(H2,12,14). The second-order valence-corrected chi connectivity index (χ2v) is 4.95. The van der Waals surface area contributed by atoms with E-state index in [0.29, 0.717) is 30.8 Å². The van der Waals surface area contributed by atoms with Gasteiger partial charge < -0.3 is 5.73 Å². The first kappa shape index (κ1) is 11.0. The number of nitrogens with zero attached hydrogens (tertiary/aromatic N) is 2. The Balaban J connectivity index is 2.62. The largest absolute Gasteiger partial charge is 0.374 e. The molecule has 0 saturated heterocycles. The van der Waals surface area contributed by atoms with E-state index in [2.05, 4.69) is 10.2 Å². The van der Waals surface area contributed by atoms with Crippen LogP contribution in [0.3, 0.4) is 0 Å². The topological polar surface area (TPSA) is 51.8 Å². The molecule has 0 aliphatic rings. The van der Waals surface area contributed by atoms with Crippen molar-refractivity contribution in [3.8, 4) is 10.6 Å². The van der Waals surface area contributed by atoms with Crippen molar-refractivity contribution in [1.82, 2.24) is 10.2 Å². The second-order valence-electron chi connectivity index (χ2n) is 2.69. The van der Waals surface area contributed by atoms with Crippen LogP contribution in [0.25, 0.3) is 10.6 Å². The summed E-state index contributed by atoms with van der Waals surface area (Å²) >= 11 is 19.0. The van der Waals surface area contributed by atoms with Crippen molar-refractivity contribution in [2.45, 2.75) is 0 Å². The van der Waals surface area contributed by atoms with Gasteiger partial charge in [0.05, 0.1) is 10.0 Å². The van der Waals surface area contributed by atoms with Crippen molar-refractivity contribution in [3.05, 3.63) is 27.2 Å². The highest BCUT2D eigenvalue weighted by Gasteiger charge is 2.14. The summed E-state index contributed by atoms with van der Waals surface area (Å²) in [6.07, 6.45) is 0. The predicted molar refractivity (Wildman–Crippen MR) is 64.8 cm³/mol. The summed E-state index contributed by atoms with van der Waals surface area (Å²) < 4.78 is 0. The van der Waals surface area contributed by atoms with Crippen molar-refractivity contribution in [2.75, 3.05) is 5.73 Å². The minimum absolute atomic E-state index is 0.368. The lowest BCUT2D eigenvalue weighted by Crippen LogP contribution is -1.82. The minimum Gasteiger partial charge on any atom is -0.374 e. The maximum Gasteiger partial charge on any atom is 0.203 e. The van der Waals surface area contributed by atoms with Gasteiger partial charge in [0.15, 0.2) is 5.01 Å². The Labute approximate surface area is 105 Å². The van der Waals surface area contributed by atoms with Crippen LogP contribution in [0.5, 0.6) is 0 Å². The Hall–Kier alpha value is -0.550. The zero-order valence-corrected chi connectivity index (χ0v) is 10.3. The molecule has 0 unspecified atom stereocenters. The average Bonchev–Trinajstić information content (AvgIpc) is 2.49. The molecular weight excluding hydrogens is 277 g/mol. The molecule has 7 heteroatoms. The fourth-order valence-corrected chi connectivity index (χ4v) is 2.87. The number of halogens is 3. The smallest absolute Gasteiger partial charge is 0.203 e. The van der Waals surface area contributed by atoms with E-state index in [9.17, 15) is 0 Å². The summed E-state index contributed by atoms with van der Waals surface area (Å²) in [7, 11) is 0. The minimum atomic E-state index is 0.368. The second kappa shape index (κ2) is 4.14. The van der Waals surface area contributed by atoms with Gasteiger partial charge in [-0.05, 0) is 12.1 Å². The number of anilines is 1. The van der Waals surface area contributed by atoms with E-state index < -0.39 is 0 Å². The number of nitrogen functional groups attached to an aromatic ring is 1. The van der Waals surface area contributed by atoms with Crippen molar-refractivity contribution in [2.24, 2.45) is 0 Å². The molecule has 1 heterocycles. The molecule has 1 aromatic carbocycles.